The molecule has 0 aromatic heterocycles. The molecule has 1 aliphatic rings. The van der Waals surface area contributed by atoms with Gasteiger partial charge in [-0.1, -0.05) is 0 Å². The van der Waals surface area contributed by atoms with Crippen LogP contribution in [0.3, 0.4) is 0 Å². The number of nitrogens with one attached hydrogen (secondary N) is 1. The van der Waals surface area contributed by atoms with Gasteiger partial charge in [0.2, 0.25) is 5.76 Å². The number of hydrogen-bond donors (Lipinski definition) is 1. The highest BCUT2D eigenvalue weighted by atomic mass is 16.7. The minimum atomic E-state index is -0.774. The van der Waals surface area contributed by atoms with Crippen LogP contribution in [0.5, 0.6) is 0 Å². The molecule has 0 saturated heterocycles. The molecule has 1 aliphatic heterocycles. The van der Waals surface area contributed by atoms with Crippen LogP contribution in [-0.2, 0) is 23.9 Å². The first-order valence-corrected chi connectivity index (χ1v) is 5.51. The summed E-state index contributed by atoms with van der Waals surface area (Å²) in [5.74, 6) is -1.12. The first kappa shape index (κ1) is 14.0. The van der Waals surface area contributed by atoms with Gasteiger partial charge in [-0.25, -0.2) is 15.1 Å². The zero-order chi connectivity index (χ0) is 13.4. The molecule has 7 heteroatoms. The smallest absolute Gasteiger partial charge is 0.376 e. The summed E-state index contributed by atoms with van der Waals surface area (Å²) in [5, 5.41) is 0. The Morgan fingerprint density at radius 1 is 1.28 bits per heavy atom. The fourth-order valence-electron chi connectivity index (χ4n) is 1.29. The lowest BCUT2D eigenvalue weighted by molar-refractivity contribution is -0.142. The zero-order valence-corrected chi connectivity index (χ0v) is 10.4. The molecule has 18 heavy (non-hydrogen) atoms. The third-order valence-corrected chi connectivity index (χ3v) is 2.24. The summed E-state index contributed by atoms with van der Waals surface area (Å²) in [6.07, 6.45) is 3.69. The summed E-state index contributed by atoms with van der Waals surface area (Å²) in [4.78, 5) is 31.6. The van der Waals surface area contributed by atoms with Gasteiger partial charge in [0.25, 0.3) is 0 Å². The lowest BCUT2D eigenvalue weighted by atomic mass is 10.2. The van der Waals surface area contributed by atoms with E-state index in [0.717, 1.165) is 31.9 Å². The van der Waals surface area contributed by atoms with E-state index in [-0.39, 0.29) is 5.76 Å². The Morgan fingerprint density at radius 3 is 2.61 bits per heavy atom. The summed E-state index contributed by atoms with van der Waals surface area (Å²) in [6.45, 7) is 0.722. The molecule has 0 saturated carbocycles. The Balaban J connectivity index is 2.61. The van der Waals surface area contributed by atoms with Gasteiger partial charge in [-0.05, 0) is 12.8 Å². The van der Waals surface area contributed by atoms with Crippen LogP contribution < -0.4 is 5.48 Å². The highest BCUT2D eigenvalue weighted by molar-refractivity contribution is 5.94. The van der Waals surface area contributed by atoms with Crippen LogP contribution in [0.4, 0.5) is 0 Å². The van der Waals surface area contributed by atoms with Crippen LogP contribution in [0.15, 0.2) is 16.8 Å². The molecular weight excluding hydrogens is 240 g/mol. The van der Waals surface area contributed by atoms with Crippen molar-refractivity contribution in [2.24, 2.45) is 4.99 Å². The Kier molecular flexibility index (Phi) is 5.69. The van der Waals surface area contributed by atoms with E-state index in [1.54, 1.807) is 0 Å². The number of ether oxygens (including phenoxy) is 2. The van der Waals surface area contributed by atoms with Crippen LogP contribution in [0.1, 0.15) is 19.3 Å². The fourth-order valence-corrected chi connectivity index (χ4v) is 1.29. The number of hydrogen-bond acceptors (Lipinski definition) is 7. The molecule has 0 aromatic carbocycles. The van der Waals surface area contributed by atoms with Crippen LogP contribution in [0.25, 0.3) is 0 Å². The normalized spacial score (nSPS) is 15.4. The lowest BCUT2D eigenvalue weighted by Gasteiger charge is -2.14. The number of nitrogens with zero attached hydrogens (tertiary/aromatic N) is 1. The molecule has 0 spiro atoms. The van der Waals surface area contributed by atoms with Crippen molar-refractivity contribution < 1.29 is 23.9 Å². The molecule has 0 amide bonds. The summed E-state index contributed by atoms with van der Waals surface area (Å²) in [5.41, 5.74) is 2.54. The number of carbonyl (C=O) groups excluding carboxylic acids is 2. The number of hydroxylamine groups is 1. The molecule has 1 heterocycles. The predicted octanol–water partition coefficient (Wildman–Crippen LogP) is 0.320. The largest absolute Gasteiger partial charge is 0.466 e. The molecule has 0 fully saturated rings. The Labute approximate surface area is 105 Å². The van der Waals surface area contributed by atoms with Gasteiger partial charge in [0.1, 0.15) is 5.84 Å². The molecule has 0 atom stereocenters. The van der Waals surface area contributed by atoms with E-state index in [1.807, 2.05) is 0 Å². The molecule has 0 aliphatic carbocycles. The average Bonchev–Trinajstić information content (AvgIpc) is 2.43. The van der Waals surface area contributed by atoms with Crippen molar-refractivity contribution in [1.82, 2.24) is 5.48 Å². The Morgan fingerprint density at radius 2 is 2.06 bits per heavy atom. The number of carbonyl (C=O) groups is 2. The van der Waals surface area contributed by atoms with Crippen LogP contribution in [-0.4, -0.2) is 38.5 Å². The van der Waals surface area contributed by atoms with E-state index in [0.29, 0.717) is 5.84 Å². The van der Waals surface area contributed by atoms with E-state index < -0.39 is 11.9 Å². The third-order valence-electron chi connectivity index (χ3n) is 2.24. The minimum absolute atomic E-state index is 0.280. The standard InChI is InChI=1S/C11H16N2O5/c1-16-10(14)7-8(11(15)17-2)18-13-9-5-3-4-6-12-9/h7H,3-6H2,1-2H3,(H,12,13)/b8-7-. The maximum Gasteiger partial charge on any atom is 0.376 e. The lowest BCUT2D eigenvalue weighted by Crippen LogP contribution is -2.28. The number of esters is 2. The van der Waals surface area contributed by atoms with E-state index in [2.05, 4.69) is 19.9 Å². The quantitative estimate of drug-likeness (QED) is 0.337. The minimum Gasteiger partial charge on any atom is -0.466 e. The molecule has 1 N–H and O–H groups in total. The van der Waals surface area contributed by atoms with Crippen molar-refractivity contribution >= 4 is 17.8 Å². The molecular formula is C11H16N2O5. The van der Waals surface area contributed by atoms with Gasteiger partial charge in [-0.15, -0.1) is 0 Å². The van der Waals surface area contributed by atoms with Crippen molar-refractivity contribution in [1.29, 1.82) is 0 Å². The maximum atomic E-state index is 11.3. The van der Waals surface area contributed by atoms with E-state index >= 15 is 0 Å². The van der Waals surface area contributed by atoms with Gasteiger partial charge in [0.15, 0.2) is 0 Å². The topological polar surface area (TPSA) is 86.2 Å². The molecule has 100 valence electrons. The van der Waals surface area contributed by atoms with Gasteiger partial charge in [-0.2, -0.15) is 0 Å². The van der Waals surface area contributed by atoms with Crippen molar-refractivity contribution in [3.8, 4) is 0 Å². The third kappa shape index (κ3) is 4.44. The summed E-state index contributed by atoms with van der Waals surface area (Å²) in [7, 11) is 2.39. The van der Waals surface area contributed by atoms with Gasteiger partial charge in [0, 0.05) is 13.0 Å². The fraction of sp³-hybridized carbons (Fsp3) is 0.545. The second-order valence-corrected chi connectivity index (χ2v) is 3.51. The molecule has 1 rings (SSSR count). The average molecular weight is 256 g/mol. The highest BCUT2D eigenvalue weighted by Gasteiger charge is 2.16. The second kappa shape index (κ2) is 7.31. The summed E-state index contributed by atoms with van der Waals surface area (Å²) >= 11 is 0. The monoisotopic (exact) mass is 256 g/mol. The number of amidine groups is 1. The number of aliphatic imine (C=N–C) groups is 1. The van der Waals surface area contributed by atoms with E-state index in [9.17, 15) is 9.59 Å². The first-order chi connectivity index (χ1) is 8.67. The second-order valence-electron chi connectivity index (χ2n) is 3.51. The zero-order valence-electron chi connectivity index (χ0n) is 10.4. The van der Waals surface area contributed by atoms with Crippen LogP contribution in [0, 0.1) is 0 Å². The van der Waals surface area contributed by atoms with E-state index in [1.165, 1.54) is 14.2 Å². The van der Waals surface area contributed by atoms with Crippen LogP contribution in [0.2, 0.25) is 0 Å². The van der Waals surface area contributed by atoms with Gasteiger partial charge in [-0.3, -0.25) is 4.99 Å². The number of methoxy groups -OCH3 is 2. The van der Waals surface area contributed by atoms with Crippen molar-refractivity contribution in [2.75, 3.05) is 20.8 Å². The molecule has 0 unspecified atom stereocenters. The Bertz CT molecular complexity index is 376. The number of rotatable bonds is 4. The molecule has 7 nitrogen and oxygen atoms in total. The van der Waals surface area contributed by atoms with Crippen molar-refractivity contribution in [2.45, 2.75) is 19.3 Å². The van der Waals surface area contributed by atoms with E-state index in [4.69, 9.17) is 4.84 Å². The maximum absolute atomic E-state index is 11.3. The summed E-state index contributed by atoms with van der Waals surface area (Å²) < 4.78 is 8.88. The van der Waals surface area contributed by atoms with Crippen LogP contribution >= 0.6 is 0 Å². The van der Waals surface area contributed by atoms with Crippen molar-refractivity contribution in [3.63, 3.8) is 0 Å². The molecule has 0 aromatic rings. The first-order valence-electron chi connectivity index (χ1n) is 5.51. The molecule has 0 bridgehead atoms. The van der Waals surface area contributed by atoms with Gasteiger partial charge in [0.05, 0.1) is 20.3 Å². The highest BCUT2D eigenvalue weighted by Crippen LogP contribution is 2.05. The molecule has 0 radical (unpaired) electrons. The SMILES string of the molecule is COC(=O)/C=C(\ONC1=NCCCC1)C(=O)OC. The van der Waals surface area contributed by atoms with Gasteiger partial charge >= 0.3 is 11.9 Å². The Hall–Kier alpha value is -2.05. The predicted molar refractivity (Wildman–Crippen MR) is 62.5 cm³/mol. The summed E-state index contributed by atoms with van der Waals surface area (Å²) in [6, 6.07) is 0. The van der Waals surface area contributed by atoms with Gasteiger partial charge < -0.3 is 14.3 Å². The van der Waals surface area contributed by atoms with Crippen molar-refractivity contribution in [3.05, 3.63) is 11.8 Å².